The highest BCUT2D eigenvalue weighted by Gasteiger charge is 2.30. The third-order valence-corrected chi connectivity index (χ3v) is 5.31. The van der Waals surface area contributed by atoms with Crippen molar-refractivity contribution in [3.63, 3.8) is 0 Å². The van der Waals surface area contributed by atoms with Crippen molar-refractivity contribution < 1.29 is 17.9 Å². The minimum atomic E-state index is -4.34. The molecule has 2 aromatic heterocycles. The lowest BCUT2D eigenvalue weighted by atomic mass is 10.0. The Morgan fingerprint density at radius 1 is 1.06 bits per heavy atom. The molecule has 0 bridgehead atoms. The first-order valence-corrected chi connectivity index (χ1v) is 10.2. The van der Waals surface area contributed by atoms with Crippen LogP contribution < -0.4 is 0 Å². The Bertz CT molecular complexity index is 1020. The molecule has 4 nitrogen and oxygen atoms in total. The second-order valence-electron chi connectivity index (χ2n) is 7.87. The van der Waals surface area contributed by atoms with Gasteiger partial charge in [-0.2, -0.15) is 13.2 Å². The van der Waals surface area contributed by atoms with Crippen LogP contribution in [0.25, 0.3) is 0 Å². The largest absolute Gasteiger partial charge is 0.416 e. The molecule has 1 aliphatic heterocycles. The lowest BCUT2D eigenvalue weighted by Crippen LogP contribution is -2.38. The second kappa shape index (κ2) is 9.16. The topological polar surface area (TPSA) is 38.2 Å². The van der Waals surface area contributed by atoms with Crippen molar-refractivity contribution in [1.29, 1.82) is 0 Å². The number of halogens is 3. The van der Waals surface area contributed by atoms with Crippen molar-refractivity contribution in [3.8, 4) is 0 Å². The molecule has 0 saturated carbocycles. The summed E-state index contributed by atoms with van der Waals surface area (Å²) in [5.74, 6) is 0. The predicted molar refractivity (Wildman–Crippen MR) is 111 cm³/mol. The molecule has 0 amide bonds. The number of aryl methyl sites for hydroxylation is 1. The Labute approximate surface area is 179 Å². The van der Waals surface area contributed by atoms with Gasteiger partial charge in [0, 0.05) is 37.7 Å². The van der Waals surface area contributed by atoms with E-state index in [9.17, 15) is 13.2 Å². The summed E-state index contributed by atoms with van der Waals surface area (Å²) >= 11 is 0. The van der Waals surface area contributed by atoms with E-state index < -0.39 is 11.7 Å². The van der Waals surface area contributed by atoms with Crippen molar-refractivity contribution >= 4 is 0 Å². The van der Waals surface area contributed by atoms with Crippen LogP contribution in [0, 0.1) is 6.92 Å². The molecule has 0 aliphatic carbocycles. The molecule has 162 valence electrons. The molecule has 3 aromatic rings. The fourth-order valence-electron chi connectivity index (χ4n) is 3.90. The van der Waals surface area contributed by atoms with Crippen LogP contribution >= 0.6 is 0 Å². The van der Waals surface area contributed by atoms with Crippen LogP contribution in [0.5, 0.6) is 0 Å². The monoisotopic (exact) mass is 427 g/mol. The van der Waals surface area contributed by atoms with Crippen LogP contribution in [0.4, 0.5) is 13.2 Å². The standard InChI is InChI=1S/C24H24F3N3O/c1-17-10-20(11-18-4-2-6-21(12-18)24(25,26)27)13-22(29-17)23-16-30(8-9-31-23)15-19-5-3-7-28-14-19/h2-7,10,12-14,23H,8-9,11,15-16H2,1H3. The molecular weight excluding hydrogens is 403 g/mol. The molecule has 1 unspecified atom stereocenters. The number of hydrogen-bond acceptors (Lipinski definition) is 4. The van der Waals surface area contributed by atoms with Crippen molar-refractivity contribution in [2.75, 3.05) is 19.7 Å². The lowest BCUT2D eigenvalue weighted by Gasteiger charge is -2.32. The number of morpholine rings is 1. The first-order chi connectivity index (χ1) is 14.9. The summed E-state index contributed by atoms with van der Waals surface area (Å²) in [7, 11) is 0. The van der Waals surface area contributed by atoms with Crippen molar-refractivity contribution in [3.05, 3.63) is 94.6 Å². The van der Waals surface area contributed by atoms with Crippen molar-refractivity contribution in [1.82, 2.24) is 14.9 Å². The van der Waals surface area contributed by atoms with Gasteiger partial charge in [-0.25, -0.2) is 0 Å². The summed E-state index contributed by atoms with van der Waals surface area (Å²) in [5, 5.41) is 0. The molecule has 31 heavy (non-hydrogen) atoms. The summed E-state index contributed by atoms with van der Waals surface area (Å²) in [6.45, 7) is 4.82. The van der Waals surface area contributed by atoms with Crippen molar-refractivity contribution in [2.45, 2.75) is 32.2 Å². The Balaban J connectivity index is 1.50. The lowest BCUT2D eigenvalue weighted by molar-refractivity contribution is -0.137. The average Bonchev–Trinajstić information content (AvgIpc) is 2.74. The fraction of sp³-hybridized carbons (Fsp3) is 0.333. The van der Waals surface area contributed by atoms with Gasteiger partial charge in [-0.3, -0.25) is 14.9 Å². The van der Waals surface area contributed by atoms with Gasteiger partial charge in [0.25, 0.3) is 0 Å². The van der Waals surface area contributed by atoms with Crippen LogP contribution in [0.15, 0.2) is 60.9 Å². The van der Waals surface area contributed by atoms with E-state index in [1.165, 1.54) is 12.1 Å². The summed E-state index contributed by atoms with van der Waals surface area (Å²) in [6, 6.07) is 13.3. The van der Waals surface area contributed by atoms with E-state index in [-0.39, 0.29) is 6.10 Å². The molecule has 1 fully saturated rings. The highest BCUT2D eigenvalue weighted by atomic mass is 19.4. The number of ether oxygens (including phenoxy) is 1. The van der Waals surface area contributed by atoms with Crippen LogP contribution in [0.2, 0.25) is 0 Å². The molecule has 4 rings (SSSR count). The smallest absolute Gasteiger partial charge is 0.369 e. The van der Waals surface area contributed by atoms with Crippen molar-refractivity contribution in [2.24, 2.45) is 0 Å². The van der Waals surface area contributed by atoms with E-state index >= 15 is 0 Å². The zero-order valence-electron chi connectivity index (χ0n) is 17.3. The number of benzene rings is 1. The number of pyridine rings is 2. The minimum Gasteiger partial charge on any atom is -0.369 e. The minimum absolute atomic E-state index is 0.175. The van der Waals surface area contributed by atoms with E-state index in [2.05, 4.69) is 20.9 Å². The summed E-state index contributed by atoms with van der Waals surface area (Å²) in [4.78, 5) is 11.1. The van der Waals surface area contributed by atoms with Gasteiger partial charge < -0.3 is 4.74 Å². The molecule has 1 aliphatic rings. The molecule has 0 radical (unpaired) electrons. The maximum atomic E-state index is 13.0. The van der Waals surface area contributed by atoms with E-state index in [0.29, 0.717) is 25.1 Å². The van der Waals surface area contributed by atoms with Crippen LogP contribution in [0.1, 0.15) is 39.7 Å². The predicted octanol–water partition coefficient (Wildman–Crippen LogP) is 4.97. The third-order valence-electron chi connectivity index (χ3n) is 5.31. The SMILES string of the molecule is Cc1cc(Cc2cccc(C(F)(F)F)c2)cc(C2CN(Cc3cccnc3)CCO2)n1. The van der Waals surface area contributed by atoms with Gasteiger partial charge in [-0.15, -0.1) is 0 Å². The fourth-order valence-corrected chi connectivity index (χ4v) is 3.90. The zero-order chi connectivity index (χ0) is 21.8. The van der Waals surface area contributed by atoms with Crippen LogP contribution in [0.3, 0.4) is 0 Å². The van der Waals surface area contributed by atoms with Gasteiger partial charge in [0.2, 0.25) is 0 Å². The molecule has 1 atom stereocenters. The van der Waals surface area contributed by atoms with Gasteiger partial charge in [0.15, 0.2) is 0 Å². The third kappa shape index (κ3) is 5.68. The number of hydrogen-bond donors (Lipinski definition) is 0. The quantitative estimate of drug-likeness (QED) is 0.576. The van der Waals surface area contributed by atoms with Crippen LogP contribution in [-0.4, -0.2) is 34.6 Å². The maximum Gasteiger partial charge on any atom is 0.416 e. The maximum absolute atomic E-state index is 13.0. The Morgan fingerprint density at radius 3 is 2.68 bits per heavy atom. The van der Waals surface area contributed by atoms with Gasteiger partial charge in [0.1, 0.15) is 6.10 Å². The zero-order valence-corrected chi connectivity index (χ0v) is 17.3. The molecule has 1 aromatic carbocycles. The molecule has 1 saturated heterocycles. The van der Waals surface area contributed by atoms with Gasteiger partial charge in [0.05, 0.1) is 17.9 Å². The Hall–Kier alpha value is -2.77. The van der Waals surface area contributed by atoms with E-state index in [0.717, 1.165) is 41.7 Å². The summed E-state index contributed by atoms with van der Waals surface area (Å²) in [6.07, 6.45) is -0.489. The molecule has 7 heteroatoms. The average molecular weight is 427 g/mol. The number of aromatic nitrogens is 2. The Kier molecular flexibility index (Phi) is 6.34. The molecular formula is C24H24F3N3O. The Morgan fingerprint density at radius 2 is 1.90 bits per heavy atom. The van der Waals surface area contributed by atoms with Crippen LogP contribution in [-0.2, 0) is 23.9 Å². The van der Waals surface area contributed by atoms with E-state index in [4.69, 9.17) is 4.74 Å². The normalized spacial score (nSPS) is 17.6. The highest BCUT2D eigenvalue weighted by molar-refractivity contribution is 5.32. The van der Waals surface area contributed by atoms with E-state index in [1.807, 2.05) is 31.3 Å². The highest BCUT2D eigenvalue weighted by Crippen LogP contribution is 2.30. The number of rotatable bonds is 5. The van der Waals surface area contributed by atoms with Gasteiger partial charge in [-0.05, 0) is 54.3 Å². The van der Waals surface area contributed by atoms with E-state index in [1.54, 1.807) is 12.3 Å². The molecule has 0 N–H and O–H groups in total. The first kappa shape index (κ1) is 21.5. The number of alkyl halides is 3. The van der Waals surface area contributed by atoms with Gasteiger partial charge >= 0.3 is 6.18 Å². The second-order valence-corrected chi connectivity index (χ2v) is 7.87. The van der Waals surface area contributed by atoms with Gasteiger partial charge in [-0.1, -0.05) is 24.3 Å². The molecule has 3 heterocycles. The first-order valence-electron chi connectivity index (χ1n) is 10.2. The number of nitrogens with zero attached hydrogens (tertiary/aromatic N) is 3. The molecule has 0 spiro atoms. The summed E-state index contributed by atoms with van der Waals surface area (Å²) < 4.78 is 45.1. The summed E-state index contributed by atoms with van der Waals surface area (Å²) in [5.41, 5.74) is 3.71.